The second-order valence-electron chi connectivity index (χ2n) is 21.7. The number of hydrogen-bond acceptors (Lipinski definition) is 2. The zero-order valence-electron chi connectivity index (χ0n) is 45.0. The van der Waals surface area contributed by atoms with Crippen molar-refractivity contribution in [2.24, 2.45) is 5.92 Å². The third-order valence-electron chi connectivity index (χ3n) is 16.6. The van der Waals surface area contributed by atoms with Crippen LogP contribution >= 0.6 is 0 Å². The molecule has 0 aromatic heterocycles. The molecule has 1 unspecified atom stereocenters. The van der Waals surface area contributed by atoms with Gasteiger partial charge in [0.25, 0.3) is 0 Å². The summed E-state index contributed by atoms with van der Waals surface area (Å²) in [5.41, 5.74) is 11.3. The molecule has 1 aliphatic carbocycles. The van der Waals surface area contributed by atoms with Crippen molar-refractivity contribution >= 4 is 115 Å². The van der Waals surface area contributed by atoms with Gasteiger partial charge in [0.1, 0.15) is 0 Å². The van der Waals surface area contributed by atoms with Crippen LogP contribution in [-0.4, -0.2) is 0 Å². The van der Waals surface area contributed by atoms with E-state index in [1.54, 1.807) is 0 Å². The van der Waals surface area contributed by atoms with Crippen molar-refractivity contribution in [2.45, 2.75) is 13.3 Å². The average molecular weight is 1030 g/mol. The topological polar surface area (TPSA) is 6.48 Å². The van der Waals surface area contributed by atoms with Gasteiger partial charge in [-0.05, 0) is 200 Å². The van der Waals surface area contributed by atoms with Crippen LogP contribution in [-0.2, 0) is 0 Å². The van der Waals surface area contributed by atoms with E-state index in [1.807, 2.05) is 0 Å². The molecule has 15 rings (SSSR count). The van der Waals surface area contributed by atoms with Crippen molar-refractivity contribution in [3.05, 3.63) is 309 Å². The van der Waals surface area contributed by atoms with Crippen LogP contribution < -0.4 is 9.80 Å². The first-order valence-corrected chi connectivity index (χ1v) is 28.3. The lowest BCUT2D eigenvalue weighted by Gasteiger charge is -2.29. The average Bonchev–Trinajstić information content (AvgIpc) is 3.60. The smallest absolute Gasteiger partial charge is 0.0468 e. The molecule has 0 radical (unpaired) electrons. The molecule has 1 aliphatic rings. The first-order valence-electron chi connectivity index (χ1n) is 28.3. The lowest BCUT2D eigenvalue weighted by atomic mass is 9.84. The summed E-state index contributed by atoms with van der Waals surface area (Å²) in [6, 6.07) is 97.4. The molecule has 382 valence electrons. The van der Waals surface area contributed by atoms with Crippen molar-refractivity contribution in [3.8, 4) is 22.3 Å². The monoisotopic (exact) mass is 1030 g/mol. The van der Waals surface area contributed by atoms with Crippen LogP contribution in [0.1, 0.15) is 13.3 Å². The minimum atomic E-state index is 0.253. The lowest BCUT2D eigenvalue weighted by molar-refractivity contribution is 0.935. The first kappa shape index (κ1) is 47.9. The maximum Gasteiger partial charge on any atom is 0.0468 e. The molecule has 0 amide bonds. The quantitative estimate of drug-likeness (QED) is 0.111. The molecule has 14 aromatic rings. The molecule has 0 N–H and O–H groups in total. The summed E-state index contributed by atoms with van der Waals surface area (Å²) >= 11 is 0. The van der Waals surface area contributed by atoms with E-state index in [-0.39, 0.29) is 5.92 Å². The summed E-state index contributed by atoms with van der Waals surface area (Å²) in [5, 5.41) is 19.4. The summed E-state index contributed by atoms with van der Waals surface area (Å²) < 4.78 is 0. The highest BCUT2D eigenvalue weighted by molar-refractivity contribution is 6.24. The molecule has 14 aromatic carbocycles. The molecular formula is C79H56N2. The highest BCUT2D eigenvalue weighted by atomic mass is 15.1. The van der Waals surface area contributed by atoms with Crippen LogP contribution in [0.5, 0.6) is 0 Å². The molecule has 0 spiro atoms. The summed E-state index contributed by atoms with van der Waals surface area (Å²) in [4.78, 5) is 4.92. The SMILES string of the molecule is CC1C=CC=CCC=C(N(c2ccc3ccccc3c2)c2ccc3c(-c4ccc5c(ccc6ccccc65)c4)c4cc(N(c5ccc6ccccc6c5)c5ccc6ccccc6c5)ccc4c(-c4ccc5ccccc5c4)c3c2)C=C1. The zero-order valence-corrected chi connectivity index (χ0v) is 45.0. The number of allylic oxidation sites excluding steroid dienone is 7. The third-order valence-corrected chi connectivity index (χ3v) is 16.6. The number of nitrogens with zero attached hydrogens (tertiary/aromatic N) is 2. The van der Waals surface area contributed by atoms with E-state index in [0.717, 1.165) is 40.6 Å². The number of hydrogen-bond donors (Lipinski definition) is 0. The Morgan fingerprint density at radius 2 is 0.691 bits per heavy atom. The van der Waals surface area contributed by atoms with Gasteiger partial charge < -0.3 is 9.80 Å². The summed E-state index contributed by atoms with van der Waals surface area (Å²) in [5.74, 6) is 0.253. The fraction of sp³-hybridized carbons (Fsp3) is 0.0380. The predicted molar refractivity (Wildman–Crippen MR) is 350 cm³/mol. The maximum atomic E-state index is 2.48. The minimum absolute atomic E-state index is 0.253. The molecule has 0 aliphatic heterocycles. The minimum Gasteiger partial charge on any atom is -0.311 e. The highest BCUT2D eigenvalue weighted by Crippen LogP contribution is 2.49. The van der Waals surface area contributed by atoms with Gasteiger partial charge in [0.15, 0.2) is 0 Å². The Morgan fingerprint density at radius 3 is 1.27 bits per heavy atom. The van der Waals surface area contributed by atoms with Crippen molar-refractivity contribution < 1.29 is 0 Å². The number of rotatable bonds is 8. The van der Waals surface area contributed by atoms with Crippen molar-refractivity contribution in [3.63, 3.8) is 0 Å². The van der Waals surface area contributed by atoms with Gasteiger partial charge in [-0.15, -0.1) is 0 Å². The zero-order chi connectivity index (χ0) is 53.8. The Bertz CT molecular complexity index is 4880. The van der Waals surface area contributed by atoms with E-state index in [2.05, 4.69) is 320 Å². The first-order chi connectivity index (χ1) is 40.0. The molecule has 81 heavy (non-hydrogen) atoms. The van der Waals surface area contributed by atoms with Gasteiger partial charge in [-0.3, -0.25) is 0 Å². The van der Waals surface area contributed by atoms with Crippen molar-refractivity contribution in [2.75, 3.05) is 9.80 Å². The van der Waals surface area contributed by atoms with E-state index in [4.69, 9.17) is 0 Å². The number of anilines is 5. The Balaban J connectivity index is 1.05. The van der Waals surface area contributed by atoms with Crippen LogP contribution in [0.2, 0.25) is 0 Å². The maximum absolute atomic E-state index is 2.48. The van der Waals surface area contributed by atoms with E-state index >= 15 is 0 Å². The van der Waals surface area contributed by atoms with E-state index in [0.29, 0.717) is 0 Å². The highest BCUT2D eigenvalue weighted by Gasteiger charge is 2.24. The van der Waals surface area contributed by atoms with Crippen LogP contribution in [0.15, 0.2) is 309 Å². The van der Waals surface area contributed by atoms with Gasteiger partial charge in [-0.1, -0.05) is 231 Å². The van der Waals surface area contributed by atoms with Gasteiger partial charge in [0.05, 0.1) is 0 Å². The van der Waals surface area contributed by atoms with Crippen LogP contribution in [0.4, 0.5) is 28.4 Å². The predicted octanol–water partition coefficient (Wildman–Crippen LogP) is 22.4. The van der Waals surface area contributed by atoms with Gasteiger partial charge in [-0.2, -0.15) is 0 Å². The fourth-order valence-electron chi connectivity index (χ4n) is 12.6. The molecule has 0 saturated heterocycles. The summed E-state index contributed by atoms with van der Waals surface area (Å²) in [6.45, 7) is 2.25. The van der Waals surface area contributed by atoms with E-state index in [9.17, 15) is 0 Å². The van der Waals surface area contributed by atoms with Gasteiger partial charge >= 0.3 is 0 Å². The summed E-state index contributed by atoms with van der Waals surface area (Å²) in [7, 11) is 0. The second kappa shape index (κ2) is 20.2. The molecule has 0 bridgehead atoms. The summed E-state index contributed by atoms with van der Waals surface area (Å²) in [6.07, 6.45) is 16.7. The largest absolute Gasteiger partial charge is 0.311 e. The van der Waals surface area contributed by atoms with Gasteiger partial charge in [0, 0.05) is 34.1 Å². The van der Waals surface area contributed by atoms with Crippen molar-refractivity contribution in [1.82, 2.24) is 0 Å². The van der Waals surface area contributed by atoms with Gasteiger partial charge in [-0.25, -0.2) is 0 Å². The standard InChI is InChI=1S/C79H56N2/c1-53-16-4-2-3-5-26-66(37-28-53)80(67-38-33-55-18-7-11-23-60(55)48-67)70-41-44-75-76(51-70)78(64-32-29-54-17-6-10-22-59(54)46-64)74-45-42-71(52-77(74)79(75)65-36-43-73-63(47-65)31-30-58-21-14-15-27-72(58)73)81(68-39-34-56-19-8-12-24-61(56)49-68)69-40-35-57-20-9-13-25-62(57)50-69/h2-4,6-53H,5H2,1H3. The molecule has 0 heterocycles. The number of fused-ring (bicyclic) bond motifs is 9. The molecule has 1 atom stereocenters. The second-order valence-corrected chi connectivity index (χ2v) is 21.7. The molecule has 0 fully saturated rings. The molecule has 0 saturated carbocycles. The normalized spacial score (nSPS) is 13.7. The van der Waals surface area contributed by atoms with E-state index < -0.39 is 0 Å². The Kier molecular flexibility index (Phi) is 11.9. The molecule has 2 heteroatoms. The Hall–Kier alpha value is -10.3. The van der Waals surface area contributed by atoms with Crippen LogP contribution in [0, 0.1) is 5.92 Å². The number of benzene rings is 14. The van der Waals surface area contributed by atoms with Gasteiger partial charge in [0.2, 0.25) is 0 Å². The van der Waals surface area contributed by atoms with Crippen LogP contribution in [0.25, 0.3) is 108 Å². The molecule has 2 nitrogen and oxygen atoms in total. The Labute approximate surface area is 472 Å². The lowest BCUT2D eigenvalue weighted by Crippen LogP contribution is -2.15. The van der Waals surface area contributed by atoms with Crippen molar-refractivity contribution in [1.29, 1.82) is 0 Å². The fourth-order valence-corrected chi connectivity index (χ4v) is 12.6. The Morgan fingerprint density at radius 1 is 0.296 bits per heavy atom. The molecular weight excluding hydrogens is 977 g/mol. The third kappa shape index (κ3) is 8.79. The van der Waals surface area contributed by atoms with Crippen LogP contribution in [0.3, 0.4) is 0 Å². The van der Waals surface area contributed by atoms with E-state index in [1.165, 1.54) is 108 Å².